The summed E-state index contributed by atoms with van der Waals surface area (Å²) in [5.41, 5.74) is 4.29. The van der Waals surface area contributed by atoms with E-state index in [1.807, 2.05) is 0 Å². The van der Waals surface area contributed by atoms with Crippen molar-refractivity contribution in [2.75, 3.05) is 13.1 Å². The summed E-state index contributed by atoms with van der Waals surface area (Å²) in [4.78, 5) is 32.7. The highest BCUT2D eigenvalue weighted by molar-refractivity contribution is 5.89. The molecule has 86 valence electrons. The molecule has 0 heterocycles. The summed E-state index contributed by atoms with van der Waals surface area (Å²) in [5, 5.41) is 4.70. The minimum atomic E-state index is -0.620. The van der Waals surface area contributed by atoms with Gasteiger partial charge in [0.15, 0.2) is 0 Å². The molecule has 0 aliphatic heterocycles. The Morgan fingerprint density at radius 3 is 2.00 bits per heavy atom. The van der Waals surface area contributed by atoms with E-state index in [9.17, 15) is 14.4 Å². The van der Waals surface area contributed by atoms with Crippen molar-refractivity contribution in [3.05, 3.63) is 0 Å². The van der Waals surface area contributed by atoms with Gasteiger partial charge in [-0.15, -0.1) is 0 Å². The maximum atomic E-state index is 11.3. The van der Waals surface area contributed by atoms with Gasteiger partial charge in [-0.3, -0.25) is 14.4 Å². The zero-order valence-corrected chi connectivity index (χ0v) is 9.22. The number of hydrogen-bond acceptors (Lipinski definition) is 3. The highest BCUT2D eigenvalue weighted by atomic mass is 16.2. The monoisotopic (exact) mass is 215 g/mol. The second-order valence-electron chi connectivity index (χ2n) is 4.18. The molecule has 0 bridgehead atoms. The molecule has 0 saturated heterocycles. The van der Waals surface area contributed by atoms with Crippen LogP contribution in [0.2, 0.25) is 0 Å². The van der Waals surface area contributed by atoms with Crippen LogP contribution in [0.4, 0.5) is 0 Å². The molecule has 0 aromatic rings. The highest BCUT2D eigenvalue weighted by Gasteiger charge is 2.21. The summed E-state index contributed by atoms with van der Waals surface area (Å²) in [5.74, 6) is -1.28. The van der Waals surface area contributed by atoms with E-state index in [1.165, 1.54) is 0 Å². The molecular weight excluding hydrogens is 198 g/mol. The lowest BCUT2D eigenvalue weighted by atomic mass is 9.96. The molecule has 0 unspecified atom stereocenters. The Balaban J connectivity index is 3.82. The number of carbonyl (C=O) groups is 3. The number of amides is 3. The van der Waals surface area contributed by atoms with E-state index in [4.69, 9.17) is 5.73 Å². The van der Waals surface area contributed by atoms with Crippen LogP contribution in [0.25, 0.3) is 0 Å². The number of carbonyl (C=O) groups excluding carboxylic acids is 3. The number of nitrogens with two attached hydrogens (primary N) is 1. The average molecular weight is 215 g/mol. The maximum Gasteiger partial charge on any atom is 0.239 e. The Labute approximate surface area is 88.6 Å². The molecule has 6 nitrogen and oxygen atoms in total. The molecule has 0 aliphatic carbocycles. The predicted molar refractivity (Wildman–Crippen MR) is 54.7 cm³/mol. The van der Waals surface area contributed by atoms with E-state index in [0.717, 1.165) is 0 Å². The predicted octanol–water partition coefficient (Wildman–Crippen LogP) is -1.25. The second-order valence-corrected chi connectivity index (χ2v) is 4.18. The van der Waals surface area contributed by atoms with Gasteiger partial charge in [0.05, 0.1) is 13.1 Å². The van der Waals surface area contributed by atoms with Gasteiger partial charge in [0, 0.05) is 5.41 Å². The number of rotatable bonds is 4. The van der Waals surface area contributed by atoms with Crippen molar-refractivity contribution in [2.45, 2.75) is 20.8 Å². The number of hydrogen-bond donors (Lipinski definition) is 3. The van der Waals surface area contributed by atoms with Gasteiger partial charge in [-0.05, 0) is 0 Å². The van der Waals surface area contributed by atoms with E-state index < -0.39 is 17.2 Å². The van der Waals surface area contributed by atoms with E-state index in [1.54, 1.807) is 20.8 Å². The Hall–Kier alpha value is -1.59. The first-order valence-corrected chi connectivity index (χ1v) is 4.57. The molecule has 15 heavy (non-hydrogen) atoms. The van der Waals surface area contributed by atoms with E-state index in [2.05, 4.69) is 10.6 Å². The maximum absolute atomic E-state index is 11.3. The highest BCUT2D eigenvalue weighted by Crippen LogP contribution is 2.11. The van der Waals surface area contributed by atoms with Gasteiger partial charge in [-0.25, -0.2) is 0 Å². The van der Waals surface area contributed by atoms with Crippen molar-refractivity contribution in [1.82, 2.24) is 10.6 Å². The smallest absolute Gasteiger partial charge is 0.239 e. The standard InChI is InChI=1S/C9H17N3O3/c1-9(2,3)8(15)12-5-7(14)11-4-6(10)13/h4-5H2,1-3H3,(H2,10,13)(H,11,14)(H,12,15). The molecule has 0 spiro atoms. The fraction of sp³-hybridized carbons (Fsp3) is 0.667. The first-order valence-electron chi connectivity index (χ1n) is 4.57. The van der Waals surface area contributed by atoms with Crippen molar-refractivity contribution in [1.29, 1.82) is 0 Å². The lowest BCUT2D eigenvalue weighted by Gasteiger charge is -2.17. The normalized spacial score (nSPS) is 10.6. The van der Waals surface area contributed by atoms with Crippen LogP contribution in [0.15, 0.2) is 0 Å². The van der Waals surface area contributed by atoms with Crippen molar-refractivity contribution < 1.29 is 14.4 Å². The summed E-state index contributed by atoms with van der Waals surface area (Å²) in [6.45, 7) is 4.85. The molecule has 0 atom stereocenters. The molecule has 0 aliphatic rings. The van der Waals surface area contributed by atoms with Gasteiger partial charge in [-0.1, -0.05) is 20.8 Å². The molecule has 4 N–H and O–H groups in total. The van der Waals surface area contributed by atoms with E-state index in [-0.39, 0.29) is 19.0 Å². The molecule has 0 aromatic carbocycles. The average Bonchev–Trinajstić information content (AvgIpc) is 2.09. The quantitative estimate of drug-likeness (QED) is 0.546. The lowest BCUT2D eigenvalue weighted by Crippen LogP contribution is -2.43. The van der Waals surface area contributed by atoms with Crippen LogP contribution in [-0.2, 0) is 14.4 Å². The van der Waals surface area contributed by atoms with Crippen LogP contribution in [0.1, 0.15) is 20.8 Å². The summed E-state index contributed by atoms with van der Waals surface area (Å²) in [6.07, 6.45) is 0. The van der Waals surface area contributed by atoms with Crippen LogP contribution < -0.4 is 16.4 Å². The fourth-order valence-electron chi connectivity index (χ4n) is 0.674. The molecule has 0 fully saturated rings. The Morgan fingerprint density at radius 1 is 1.07 bits per heavy atom. The van der Waals surface area contributed by atoms with Gasteiger partial charge in [0.1, 0.15) is 0 Å². The van der Waals surface area contributed by atoms with Crippen LogP contribution in [0, 0.1) is 5.41 Å². The molecule has 0 aromatic heterocycles. The first-order chi connectivity index (χ1) is 6.73. The third-order valence-electron chi connectivity index (χ3n) is 1.55. The van der Waals surface area contributed by atoms with E-state index in [0.29, 0.717) is 0 Å². The fourth-order valence-corrected chi connectivity index (χ4v) is 0.674. The Bertz CT molecular complexity index is 268. The largest absolute Gasteiger partial charge is 0.368 e. The molecule has 6 heteroatoms. The lowest BCUT2D eigenvalue weighted by molar-refractivity contribution is -0.131. The van der Waals surface area contributed by atoms with Crippen LogP contribution in [0.5, 0.6) is 0 Å². The van der Waals surface area contributed by atoms with Crippen LogP contribution >= 0.6 is 0 Å². The number of primary amides is 1. The van der Waals surface area contributed by atoms with Gasteiger partial charge in [-0.2, -0.15) is 0 Å². The first kappa shape index (κ1) is 13.4. The molecular formula is C9H17N3O3. The molecule has 0 radical (unpaired) electrons. The second kappa shape index (κ2) is 5.33. The third kappa shape index (κ3) is 6.48. The topological polar surface area (TPSA) is 101 Å². The minimum Gasteiger partial charge on any atom is -0.368 e. The molecule has 3 amide bonds. The summed E-state index contributed by atoms with van der Waals surface area (Å²) in [7, 11) is 0. The van der Waals surface area contributed by atoms with Gasteiger partial charge < -0.3 is 16.4 Å². The van der Waals surface area contributed by atoms with Gasteiger partial charge in [0.25, 0.3) is 0 Å². The summed E-state index contributed by atoms with van der Waals surface area (Å²) >= 11 is 0. The molecule has 0 saturated carbocycles. The zero-order chi connectivity index (χ0) is 12.1. The van der Waals surface area contributed by atoms with Gasteiger partial charge in [0.2, 0.25) is 17.7 Å². The summed E-state index contributed by atoms with van der Waals surface area (Å²) in [6, 6.07) is 0. The van der Waals surface area contributed by atoms with E-state index >= 15 is 0 Å². The number of nitrogens with one attached hydrogen (secondary N) is 2. The SMILES string of the molecule is CC(C)(C)C(=O)NCC(=O)NCC(N)=O. The van der Waals surface area contributed by atoms with Gasteiger partial charge >= 0.3 is 0 Å². The van der Waals surface area contributed by atoms with Crippen molar-refractivity contribution >= 4 is 17.7 Å². The molecule has 0 rings (SSSR count). The Kier molecular flexibility index (Phi) is 4.77. The van der Waals surface area contributed by atoms with Crippen molar-refractivity contribution in [2.24, 2.45) is 11.1 Å². The van der Waals surface area contributed by atoms with Crippen LogP contribution in [0.3, 0.4) is 0 Å². The zero-order valence-electron chi connectivity index (χ0n) is 9.22. The minimum absolute atomic E-state index is 0.149. The van der Waals surface area contributed by atoms with Crippen LogP contribution in [-0.4, -0.2) is 30.8 Å². The van der Waals surface area contributed by atoms with Crippen molar-refractivity contribution in [3.63, 3.8) is 0 Å². The Morgan fingerprint density at radius 2 is 1.60 bits per heavy atom. The third-order valence-corrected chi connectivity index (χ3v) is 1.55. The van der Waals surface area contributed by atoms with Crippen molar-refractivity contribution in [3.8, 4) is 0 Å². The summed E-state index contributed by atoms with van der Waals surface area (Å²) < 4.78 is 0.